The third kappa shape index (κ3) is 5.55. The van der Waals surface area contributed by atoms with Crippen LogP contribution in [0.15, 0.2) is 22.7 Å². The second-order valence-electron chi connectivity index (χ2n) is 5.74. The van der Waals surface area contributed by atoms with Crippen LogP contribution in [0.2, 0.25) is 5.02 Å². The summed E-state index contributed by atoms with van der Waals surface area (Å²) in [5, 5.41) is 4.47. The molecule has 0 aliphatic carbocycles. The van der Waals surface area contributed by atoms with E-state index in [1.165, 1.54) is 31.2 Å². The van der Waals surface area contributed by atoms with Crippen molar-refractivity contribution in [3.8, 4) is 0 Å². The molecule has 1 N–H and O–H groups in total. The molecule has 1 aromatic rings. The number of rotatable bonds is 8. The Bertz CT molecular complexity index is 435. The summed E-state index contributed by atoms with van der Waals surface area (Å²) in [7, 11) is 0. The number of benzene rings is 1. The number of ether oxygens (including phenoxy) is 1. The minimum absolute atomic E-state index is 0.340. The van der Waals surface area contributed by atoms with Crippen molar-refractivity contribution in [2.45, 2.75) is 57.6 Å². The topological polar surface area (TPSA) is 21.3 Å². The molecule has 2 atom stereocenters. The van der Waals surface area contributed by atoms with Gasteiger partial charge in [0.15, 0.2) is 0 Å². The van der Waals surface area contributed by atoms with Gasteiger partial charge < -0.3 is 10.1 Å². The second kappa shape index (κ2) is 9.14. The maximum Gasteiger partial charge on any atom is 0.0576 e. The van der Waals surface area contributed by atoms with Crippen LogP contribution in [-0.4, -0.2) is 19.3 Å². The van der Waals surface area contributed by atoms with E-state index in [1.807, 2.05) is 6.07 Å². The maximum absolute atomic E-state index is 6.41. The van der Waals surface area contributed by atoms with Crippen LogP contribution in [0.3, 0.4) is 0 Å². The minimum atomic E-state index is 0.340. The molecule has 0 radical (unpaired) electrons. The Morgan fingerprint density at radius 1 is 1.48 bits per heavy atom. The average Bonchev–Trinajstić information content (AvgIpc) is 2.96. The van der Waals surface area contributed by atoms with Crippen molar-refractivity contribution in [3.05, 3.63) is 33.3 Å². The number of hydrogen-bond donors (Lipinski definition) is 1. The SMILES string of the molecule is CCCNC(CCCC1CCCO1)c1ccc(Br)cc1Cl. The lowest BCUT2D eigenvalue weighted by atomic mass is 9.99. The molecule has 0 bridgehead atoms. The van der Waals surface area contributed by atoms with Gasteiger partial charge in [-0.1, -0.05) is 40.5 Å². The summed E-state index contributed by atoms with van der Waals surface area (Å²) in [6.45, 7) is 4.16. The molecule has 2 rings (SSSR count). The molecule has 2 nitrogen and oxygen atoms in total. The van der Waals surface area contributed by atoms with Crippen molar-refractivity contribution in [1.82, 2.24) is 5.32 Å². The molecule has 0 spiro atoms. The van der Waals surface area contributed by atoms with E-state index in [2.05, 4.69) is 40.3 Å². The lowest BCUT2D eigenvalue weighted by Gasteiger charge is -2.21. The molecular formula is C17H25BrClNO. The molecule has 4 heteroatoms. The standard InChI is InChI=1S/C17H25BrClNO/c1-2-10-20-17(7-3-5-14-6-4-11-21-14)15-9-8-13(18)12-16(15)19/h8-9,12,14,17,20H,2-7,10-11H2,1H3. The Morgan fingerprint density at radius 3 is 3.00 bits per heavy atom. The quantitative estimate of drug-likeness (QED) is 0.649. The minimum Gasteiger partial charge on any atom is -0.378 e. The lowest BCUT2D eigenvalue weighted by molar-refractivity contribution is 0.101. The van der Waals surface area contributed by atoms with Gasteiger partial charge in [-0.15, -0.1) is 0 Å². The average molecular weight is 375 g/mol. The first-order valence-electron chi connectivity index (χ1n) is 8.00. The Kier molecular flexibility index (Phi) is 7.51. The van der Waals surface area contributed by atoms with Crippen molar-refractivity contribution in [3.63, 3.8) is 0 Å². The van der Waals surface area contributed by atoms with E-state index in [1.54, 1.807) is 0 Å². The molecule has 118 valence electrons. The Labute approximate surface area is 141 Å². The zero-order valence-corrected chi connectivity index (χ0v) is 15.0. The van der Waals surface area contributed by atoms with Crippen molar-refractivity contribution in [2.75, 3.05) is 13.2 Å². The van der Waals surface area contributed by atoms with Gasteiger partial charge in [-0.3, -0.25) is 0 Å². The first-order chi connectivity index (χ1) is 10.2. The predicted octanol–water partition coefficient (Wildman–Crippen LogP) is 5.49. The van der Waals surface area contributed by atoms with Gasteiger partial charge in [0.05, 0.1) is 6.10 Å². The van der Waals surface area contributed by atoms with Gasteiger partial charge in [0, 0.05) is 22.1 Å². The van der Waals surface area contributed by atoms with Gasteiger partial charge in [-0.05, 0) is 62.8 Å². The van der Waals surface area contributed by atoms with Gasteiger partial charge in [-0.2, -0.15) is 0 Å². The van der Waals surface area contributed by atoms with E-state index in [0.29, 0.717) is 12.1 Å². The summed E-state index contributed by atoms with van der Waals surface area (Å²) in [6, 6.07) is 6.53. The number of hydrogen-bond acceptors (Lipinski definition) is 2. The largest absolute Gasteiger partial charge is 0.378 e. The zero-order chi connectivity index (χ0) is 15.1. The monoisotopic (exact) mass is 373 g/mol. The Balaban J connectivity index is 1.92. The van der Waals surface area contributed by atoms with Crippen molar-refractivity contribution >= 4 is 27.5 Å². The summed E-state index contributed by atoms with van der Waals surface area (Å²) >= 11 is 9.89. The molecule has 2 unspecified atom stereocenters. The molecule has 0 aromatic heterocycles. The smallest absolute Gasteiger partial charge is 0.0576 e. The van der Waals surface area contributed by atoms with Crippen molar-refractivity contribution in [2.24, 2.45) is 0 Å². The van der Waals surface area contributed by atoms with Crippen LogP contribution in [0, 0.1) is 0 Å². The van der Waals surface area contributed by atoms with Crippen LogP contribution in [0.4, 0.5) is 0 Å². The molecule has 0 saturated carbocycles. The van der Waals surface area contributed by atoms with Gasteiger partial charge in [0.2, 0.25) is 0 Å². The van der Waals surface area contributed by atoms with E-state index in [4.69, 9.17) is 16.3 Å². The summed E-state index contributed by atoms with van der Waals surface area (Å²) in [4.78, 5) is 0. The highest BCUT2D eigenvalue weighted by Crippen LogP contribution is 2.30. The zero-order valence-electron chi connectivity index (χ0n) is 12.7. The molecule has 1 aliphatic heterocycles. The fourth-order valence-corrected chi connectivity index (χ4v) is 3.70. The van der Waals surface area contributed by atoms with Crippen LogP contribution in [0.5, 0.6) is 0 Å². The van der Waals surface area contributed by atoms with Crippen molar-refractivity contribution in [1.29, 1.82) is 0 Å². The fourth-order valence-electron chi connectivity index (χ4n) is 2.89. The van der Waals surface area contributed by atoms with E-state index in [-0.39, 0.29) is 0 Å². The predicted molar refractivity (Wildman–Crippen MR) is 93.0 cm³/mol. The number of halogens is 2. The second-order valence-corrected chi connectivity index (χ2v) is 7.06. The summed E-state index contributed by atoms with van der Waals surface area (Å²) in [6.07, 6.45) is 7.53. The van der Waals surface area contributed by atoms with Crippen LogP contribution < -0.4 is 5.32 Å². The number of nitrogens with one attached hydrogen (secondary N) is 1. The van der Waals surface area contributed by atoms with E-state index in [9.17, 15) is 0 Å². The Morgan fingerprint density at radius 2 is 2.33 bits per heavy atom. The molecular weight excluding hydrogens is 350 g/mol. The summed E-state index contributed by atoms with van der Waals surface area (Å²) in [5.41, 5.74) is 1.21. The fraction of sp³-hybridized carbons (Fsp3) is 0.647. The Hall–Kier alpha value is -0.0900. The van der Waals surface area contributed by atoms with E-state index >= 15 is 0 Å². The molecule has 1 aliphatic rings. The highest BCUT2D eigenvalue weighted by Gasteiger charge is 2.18. The first-order valence-corrected chi connectivity index (χ1v) is 9.17. The summed E-state index contributed by atoms with van der Waals surface area (Å²) in [5.74, 6) is 0. The van der Waals surface area contributed by atoms with Gasteiger partial charge in [-0.25, -0.2) is 0 Å². The molecule has 1 heterocycles. The van der Waals surface area contributed by atoms with Crippen LogP contribution in [-0.2, 0) is 4.74 Å². The van der Waals surface area contributed by atoms with E-state index < -0.39 is 0 Å². The van der Waals surface area contributed by atoms with Crippen LogP contribution >= 0.6 is 27.5 Å². The molecule has 21 heavy (non-hydrogen) atoms. The molecule has 0 amide bonds. The third-order valence-electron chi connectivity index (χ3n) is 4.02. The maximum atomic E-state index is 6.41. The normalized spacial score (nSPS) is 19.9. The van der Waals surface area contributed by atoms with Gasteiger partial charge in [0.25, 0.3) is 0 Å². The third-order valence-corrected chi connectivity index (χ3v) is 4.84. The van der Waals surface area contributed by atoms with E-state index in [0.717, 1.165) is 35.5 Å². The molecule has 1 fully saturated rings. The van der Waals surface area contributed by atoms with Crippen LogP contribution in [0.1, 0.15) is 57.1 Å². The first kappa shape index (κ1) is 17.3. The molecule has 1 saturated heterocycles. The lowest BCUT2D eigenvalue weighted by Crippen LogP contribution is -2.23. The van der Waals surface area contributed by atoms with Crippen molar-refractivity contribution < 1.29 is 4.74 Å². The summed E-state index contributed by atoms with van der Waals surface area (Å²) < 4.78 is 6.74. The highest BCUT2D eigenvalue weighted by molar-refractivity contribution is 9.10. The van der Waals surface area contributed by atoms with Crippen LogP contribution in [0.25, 0.3) is 0 Å². The molecule has 1 aromatic carbocycles. The van der Waals surface area contributed by atoms with Gasteiger partial charge in [0.1, 0.15) is 0 Å². The highest BCUT2D eigenvalue weighted by atomic mass is 79.9. The van der Waals surface area contributed by atoms with Gasteiger partial charge >= 0.3 is 0 Å².